The van der Waals surface area contributed by atoms with Crippen molar-refractivity contribution < 1.29 is 14.3 Å². The number of hydrogen-bond donors (Lipinski definition) is 3. The van der Waals surface area contributed by atoms with E-state index in [2.05, 4.69) is 19.2 Å². The zero-order valence-corrected chi connectivity index (χ0v) is 26.3. The fourth-order valence-electron chi connectivity index (χ4n) is 4.90. The van der Waals surface area contributed by atoms with Gasteiger partial charge in [-0.15, -0.1) is 0 Å². The van der Waals surface area contributed by atoms with E-state index in [1.807, 2.05) is 0 Å². The van der Waals surface area contributed by atoms with Crippen molar-refractivity contribution in [2.24, 2.45) is 11.5 Å². The molecule has 0 rings (SSSR count). The average molecular weight is 556 g/mol. The highest BCUT2D eigenvalue weighted by atomic mass is 16.5. The lowest BCUT2D eigenvalue weighted by Gasteiger charge is -2.20. The zero-order valence-electron chi connectivity index (χ0n) is 26.3. The maximum absolute atomic E-state index is 12.4. The number of ether oxygens (including phenoxy) is 2. The Morgan fingerprint density at radius 2 is 1.10 bits per heavy atom. The summed E-state index contributed by atoms with van der Waals surface area (Å²) >= 11 is 0. The second-order valence-corrected chi connectivity index (χ2v) is 11.6. The summed E-state index contributed by atoms with van der Waals surface area (Å²) < 4.78 is 12.1. The highest BCUT2D eigenvalue weighted by Gasteiger charge is 2.16. The molecule has 0 fully saturated rings. The van der Waals surface area contributed by atoms with E-state index in [-0.39, 0.29) is 12.0 Å². The number of carbonyl (C=O) groups excluding carboxylic acids is 1. The highest BCUT2D eigenvalue weighted by Crippen LogP contribution is 2.12. The van der Waals surface area contributed by atoms with Crippen LogP contribution in [0.3, 0.4) is 0 Å². The van der Waals surface area contributed by atoms with Gasteiger partial charge in [-0.25, -0.2) is 0 Å². The summed E-state index contributed by atoms with van der Waals surface area (Å²) in [5.74, 6) is -0.103. The Balaban J connectivity index is 4.07. The number of amides is 1. The molecule has 6 nitrogen and oxygen atoms in total. The predicted octanol–water partition coefficient (Wildman–Crippen LogP) is 7.80. The second-order valence-electron chi connectivity index (χ2n) is 11.6. The van der Waals surface area contributed by atoms with Crippen LogP contribution in [0.1, 0.15) is 162 Å². The van der Waals surface area contributed by atoms with E-state index in [4.69, 9.17) is 20.9 Å². The van der Waals surface area contributed by atoms with Crippen LogP contribution in [0.4, 0.5) is 0 Å². The van der Waals surface area contributed by atoms with E-state index in [9.17, 15) is 4.79 Å². The summed E-state index contributed by atoms with van der Waals surface area (Å²) in [6.45, 7) is 7.65. The molecule has 1 amide bonds. The Kier molecular flexibility index (Phi) is 31.3. The van der Waals surface area contributed by atoms with Crippen LogP contribution in [0.2, 0.25) is 0 Å². The Morgan fingerprint density at radius 1 is 0.641 bits per heavy atom. The monoisotopic (exact) mass is 556 g/mol. The minimum atomic E-state index is -0.480. The maximum Gasteiger partial charge on any atom is 0.237 e. The van der Waals surface area contributed by atoms with Crippen molar-refractivity contribution in [3.05, 3.63) is 0 Å². The van der Waals surface area contributed by atoms with Crippen molar-refractivity contribution in [2.75, 3.05) is 32.9 Å². The largest absolute Gasteiger partial charge is 0.379 e. The zero-order chi connectivity index (χ0) is 28.7. The average Bonchev–Trinajstić information content (AvgIpc) is 2.94. The SMILES string of the molecule is CCCCCCCCCCCCOCC(CNC(=O)[C@@H](N)CCCCN)OCCCCCCCCCCCC. The molecule has 39 heavy (non-hydrogen) atoms. The molecule has 0 aliphatic heterocycles. The summed E-state index contributed by atoms with van der Waals surface area (Å²) in [6.07, 6.45) is 28.6. The van der Waals surface area contributed by atoms with Gasteiger partial charge < -0.3 is 26.3 Å². The van der Waals surface area contributed by atoms with Crippen LogP contribution in [0.25, 0.3) is 0 Å². The van der Waals surface area contributed by atoms with Crippen LogP contribution in [0, 0.1) is 0 Å². The third-order valence-corrected chi connectivity index (χ3v) is 7.61. The van der Waals surface area contributed by atoms with Crippen molar-refractivity contribution in [1.82, 2.24) is 5.32 Å². The Morgan fingerprint density at radius 3 is 1.59 bits per heavy atom. The van der Waals surface area contributed by atoms with E-state index < -0.39 is 6.04 Å². The van der Waals surface area contributed by atoms with Gasteiger partial charge in [0.1, 0.15) is 0 Å². The minimum Gasteiger partial charge on any atom is -0.379 e. The minimum absolute atomic E-state index is 0.103. The molecule has 0 aromatic carbocycles. The molecule has 0 aromatic heterocycles. The van der Waals surface area contributed by atoms with Gasteiger partial charge in [-0.2, -0.15) is 0 Å². The maximum atomic E-state index is 12.4. The summed E-state index contributed by atoms with van der Waals surface area (Å²) in [5.41, 5.74) is 11.6. The van der Waals surface area contributed by atoms with Gasteiger partial charge in [0.05, 0.1) is 18.8 Å². The Bertz CT molecular complexity index is 493. The van der Waals surface area contributed by atoms with E-state index in [0.29, 0.717) is 26.1 Å². The molecule has 0 saturated carbocycles. The van der Waals surface area contributed by atoms with Gasteiger partial charge in [-0.1, -0.05) is 136 Å². The molecular formula is C33H69N3O3. The number of carbonyl (C=O) groups is 1. The predicted molar refractivity (Wildman–Crippen MR) is 168 cm³/mol. The summed E-state index contributed by atoms with van der Waals surface area (Å²) in [4.78, 5) is 12.4. The lowest BCUT2D eigenvalue weighted by Crippen LogP contribution is -2.45. The smallest absolute Gasteiger partial charge is 0.237 e. The molecule has 0 aromatic rings. The molecule has 0 radical (unpaired) electrons. The molecule has 0 bridgehead atoms. The second kappa shape index (κ2) is 31.8. The van der Waals surface area contributed by atoms with Crippen LogP contribution in [0.15, 0.2) is 0 Å². The Labute approximate surface area is 243 Å². The molecule has 0 aliphatic carbocycles. The number of nitrogens with one attached hydrogen (secondary N) is 1. The normalized spacial score (nSPS) is 13.0. The van der Waals surface area contributed by atoms with E-state index >= 15 is 0 Å². The third kappa shape index (κ3) is 28.6. The third-order valence-electron chi connectivity index (χ3n) is 7.61. The number of rotatable bonds is 32. The van der Waals surface area contributed by atoms with Crippen molar-refractivity contribution in [1.29, 1.82) is 0 Å². The Hall–Kier alpha value is -0.690. The van der Waals surface area contributed by atoms with Crippen LogP contribution < -0.4 is 16.8 Å². The first kappa shape index (κ1) is 38.3. The first-order valence-electron chi connectivity index (χ1n) is 17.1. The van der Waals surface area contributed by atoms with Gasteiger partial charge in [0, 0.05) is 19.8 Å². The molecule has 0 heterocycles. The van der Waals surface area contributed by atoms with Gasteiger partial charge in [-0.3, -0.25) is 4.79 Å². The molecule has 0 saturated heterocycles. The van der Waals surface area contributed by atoms with Crippen molar-refractivity contribution in [3.8, 4) is 0 Å². The number of hydrogen-bond acceptors (Lipinski definition) is 5. The van der Waals surface area contributed by atoms with Crippen molar-refractivity contribution in [3.63, 3.8) is 0 Å². The van der Waals surface area contributed by atoms with E-state index in [1.54, 1.807) is 0 Å². The van der Waals surface area contributed by atoms with Crippen LogP contribution in [-0.2, 0) is 14.3 Å². The molecule has 2 atom stereocenters. The fourth-order valence-corrected chi connectivity index (χ4v) is 4.90. The highest BCUT2D eigenvalue weighted by molar-refractivity contribution is 5.81. The molecule has 5 N–H and O–H groups in total. The van der Waals surface area contributed by atoms with Gasteiger partial charge in [0.15, 0.2) is 0 Å². The van der Waals surface area contributed by atoms with E-state index in [0.717, 1.165) is 38.9 Å². The fraction of sp³-hybridized carbons (Fsp3) is 0.970. The van der Waals surface area contributed by atoms with E-state index in [1.165, 1.54) is 116 Å². The summed E-state index contributed by atoms with van der Waals surface area (Å²) in [7, 11) is 0. The van der Waals surface area contributed by atoms with Crippen molar-refractivity contribution in [2.45, 2.75) is 174 Å². The number of unbranched alkanes of at least 4 members (excludes halogenated alkanes) is 19. The van der Waals surface area contributed by atoms with Gasteiger partial charge in [0.2, 0.25) is 5.91 Å². The van der Waals surface area contributed by atoms with Gasteiger partial charge in [0.25, 0.3) is 0 Å². The molecule has 0 aliphatic rings. The van der Waals surface area contributed by atoms with Gasteiger partial charge >= 0.3 is 0 Å². The lowest BCUT2D eigenvalue weighted by atomic mass is 10.1. The quantitative estimate of drug-likeness (QED) is 0.0735. The van der Waals surface area contributed by atoms with Gasteiger partial charge in [-0.05, 0) is 32.2 Å². The molecule has 0 spiro atoms. The van der Waals surface area contributed by atoms with Crippen LogP contribution in [0.5, 0.6) is 0 Å². The topological polar surface area (TPSA) is 99.6 Å². The van der Waals surface area contributed by atoms with Crippen molar-refractivity contribution >= 4 is 5.91 Å². The first-order valence-corrected chi connectivity index (χ1v) is 17.1. The summed E-state index contributed by atoms with van der Waals surface area (Å²) in [5, 5.41) is 2.99. The lowest BCUT2D eigenvalue weighted by molar-refractivity contribution is -0.123. The van der Waals surface area contributed by atoms with Crippen LogP contribution >= 0.6 is 0 Å². The van der Waals surface area contributed by atoms with Crippen LogP contribution in [-0.4, -0.2) is 51.0 Å². The first-order chi connectivity index (χ1) is 19.2. The molecule has 1 unspecified atom stereocenters. The summed E-state index contributed by atoms with van der Waals surface area (Å²) in [6, 6.07) is -0.480. The standard InChI is InChI=1S/C33H69N3O3/c1-3-5-7-9-11-13-15-17-19-23-27-38-30-31(29-36-33(37)32(35)25-21-22-26-34)39-28-24-20-18-16-14-12-10-8-6-4-2/h31-32H,3-30,34-35H2,1-2H3,(H,36,37)/t31?,32-/m0/s1. The number of nitrogens with two attached hydrogens (primary N) is 2. The molecule has 234 valence electrons. The molecular weight excluding hydrogens is 486 g/mol. The molecule has 6 heteroatoms.